The lowest BCUT2D eigenvalue weighted by Gasteiger charge is -2.09. The number of nitrogens with one attached hydrogen (secondary N) is 2. The average Bonchev–Trinajstić information content (AvgIpc) is 3.01. The molecule has 0 aliphatic carbocycles. The van der Waals surface area contributed by atoms with Crippen molar-refractivity contribution in [1.29, 1.82) is 0 Å². The molecular formula is C20H14Cl3N5O. The number of carbonyl (C=O) groups excluding carboxylic acids is 1. The molecule has 2 aromatic carbocycles. The number of amides is 1. The maximum atomic E-state index is 12.5. The summed E-state index contributed by atoms with van der Waals surface area (Å²) in [4.78, 5) is 21.2. The van der Waals surface area contributed by atoms with Crippen molar-refractivity contribution in [1.82, 2.24) is 14.5 Å². The lowest BCUT2D eigenvalue weighted by atomic mass is 10.2. The molecule has 146 valence electrons. The van der Waals surface area contributed by atoms with Gasteiger partial charge >= 0.3 is 0 Å². The van der Waals surface area contributed by atoms with Crippen molar-refractivity contribution < 1.29 is 4.79 Å². The number of anilines is 3. The van der Waals surface area contributed by atoms with Crippen molar-refractivity contribution in [3.63, 3.8) is 0 Å². The molecule has 29 heavy (non-hydrogen) atoms. The summed E-state index contributed by atoms with van der Waals surface area (Å²) >= 11 is 18.3. The fraction of sp³-hybridized carbons (Fsp3) is 0.0500. The highest BCUT2D eigenvalue weighted by Gasteiger charge is 2.14. The van der Waals surface area contributed by atoms with Crippen LogP contribution in [0.3, 0.4) is 0 Å². The molecule has 0 spiro atoms. The summed E-state index contributed by atoms with van der Waals surface area (Å²) < 4.78 is 1.86. The number of rotatable bonds is 4. The highest BCUT2D eigenvalue weighted by Crippen LogP contribution is 2.33. The summed E-state index contributed by atoms with van der Waals surface area (Å²) in [6.07, 6.45) is 1.47. The Kier molecular flexibility index (Phi) is 5.32. The predicted octanol–water partition coefficient (Wildman–Crippen LogP) is 5.92. The molecule has 0 radical (unpaired) electrons. The molecule has 2 aromatic heterocycles. The van der Waals surface area contributed by atoms with E-state index in [1.807, 2.05) is 17.7 Å². The van der Waals surface area contributed by atoms with Gasteiger partial charge in [-0.1, -0.05) is 40.9 Å². The minimum atomic E-state index is -0.295. The third-order valence-corrected chi connectivity index (χ3v) is 5.17. The maximum absolute atomic E-state index is 12.5. The van der Waals surface area contributed by atoms with E-state index in [1.165, 1.54) is 6.20 Å². The lowest BCUT2D eigenvalue weighted by molar-refractivity contribution is 0.102. The Morgan fingerprint density at radius 2 is 1.79 bits per heavy atom. The smallest absolute Gasteiger partial charge is 0.256 e. The van der Waals surface area contributed by atoms with Crippen LogP contribution < -0.4 is 10.6 Å². The molecule has 2 N–H and O–H groups in total. The predicted molar refractivity (Wildman–Crippen MR) is 118 cm³/mol. The van der Waals surface area contributed by atoms with Crippen LogP contribution in [-0.2, 0) is 7.05 Å². The molecule has 4 rings (SSSR count). The van der Waals surface area contributed by atoms with E-state index in [2.05, 4.69) is 20.6 Å². The van der Waals surface area contributed by atoms with Crippen LogP contribution in [0.2, 0.25) is 15.1 Å². The first-order valence-corrected chi connectivity index (χ1v) is 9.66. The minimum Gasteiger partial charge on any atom is -0.323 e. The molecule has 6 nitrogen and oxygen atoms in total. The number of pyridine rings is 1. The van der Waals surface area contributed by atoms with Crippen molar-refractivity contribution in [2.75, 3.05) is 10.6 Å². The number of nitrogens with zero attached hydrogens (tertiary/aromatic N) is 3. The van der Waals surface area contributed by atoms with Crippen LogP contribution in [0.1, 0.15) is 10.4 Å². The Bertz CT molecular complexity index is 1200. The van der Waals surface area contributed by atoms with Gasteiger partial charge in [-0.2, -0.15) is 0 Å². The van der Waals surface area contributed by atoms with Crippen molar-refractivity contribution in [2.45, 2.75) is 0 Å². The van der Waals surface area contributed by atoms with E-state index in [9.17, 15) is 4.79 Å². The van der Waals surface area contributed by atoms with Crippen LogP contribution in [0.5, 0.6) is 0 Å². The molecule has 0 aliphatic heterocycles. The van der Waals surface area contributed by atoms with Crippen LogP contribution in [0.15, 0.2) is 54.7 Å². The van der Waals surface area contributed by atoms with E-state index in [-0.39, 0.29) is 5.91 Å². The summed E-state index contributed by atoms with van der Waals surface area (Å²) in [6, 6.07) is 13.8. The monoisotopic (exact) mass is 445 g/mol. The highest BCUT2D eigenvalue weighted by atomic mass is 35.5. The zero-order valence-electron chi connectivity index (χ0n) is 15.1. The number of carbonyl (C=O) groups is 1. The molecule has 0 fully saturated rings. The second-order valence-electron chi connectivity index (χ2n) is 6.24. The fourth-order valence-electron chi connectivity index (χ4n) is 2.82. The molecule has 0 saturated carbocycles. The van der Waals surface area contributed by atoms with Gasteiger partial charge in [-0.05, 0) is 42.5 Å². The summed E-state index contributed by atoms with van der Waals surface area (Å²) in [6.45, 7) is 0. The van der Waals surface area contributed by atoms with Crippen LogP contribution in [-0.4, -0.2) is 20.4 Å². The quantitative estimate of drug-likeness (QED) is 0.408. The van der Waals surface area contributed by atoms with Crippen molar-refractivity contribution in [3.05, 3.63) is 75.4 Å². The van der Waals surface area contributed by atoms with Crippen LogP contribution >= 0.6 is 34.8 Å². The number of aromatic nitrogens is 3. The van der Waals surface area contributed by atoms with Crippen LogP contribution in [0.4, 0.5) is 17.5 Å². The Hall–Kier alpha value is -2.80. The van der Waals surface area contributed by atoms with Gasteiger partial charge in [-0.3, -0.25) is 4.79 Å². The normalized spacial score (nSPS) is 10.9. The fourth-order valence-corrected chi connectivity index (χ4v) is 3.42. The molecule has 0 bridgehead atoms. The Morgan fingerprint density at radius 1 is 1.03 bits per heavy atom. The summed E-state index contributed by atoms with van der Waals surface area (Å²) in [5, 5.41) is 7.36. The first kappa shape index (κ1) is 19.5. The van der Waals surface area contributed by atoms with E-state index in [0.717, 1.165) is 5.52 Å². The van der Waals surface area contributed by atoms with Gasteiger partial charge in [0.2, 0.25) is 5.95 Å². The third-order valence-electron chi connectivity index (χ3n) is 4.31. The number of halogens is 3. The number of para-hydroxylation sites is 1. The number of aryl methyl sites for hydroxylation is 1. The molecule has 4 aromatic rings. The van der Waals surface area contributed by atoms with Crippen molar-refractivity contribution in [3.8, 4) is 0 Å². The van der Waals surface area contributed by atoms with Crippen LogP contribution in [0, 0.1) is 0 Å². The number of hydrogen-bond donors (Lipinski definition) is 2. The maximum Gasteiger partial charge on any atom is 0.256 e. The molecule has 0 aliphatic rings. The van der Waals surface area contributed by atoms with Crippen molar-refractivity contribution >= 4 is 69.2 Å². The van der Waals surface area contributed by atoms with Gasteiger partial charge in [0.25, 0.3) is 5.91 Å². The second-order valence-corrected chi connectivity index (χ2v) is 7.49. The lowest BCUT2D eigenvalue weighted by Crippen LogP contribution is -2.12. The van der Waals surface area contributed by atoms with E-state index in [1.54, 1.807) is 42.5 Å². The van der Waals surface area contributed by atoms with Gasteiger partial charge in [0, 0.05) is 18.8 Å². The zero-order valence-corrected chi connectivity index (χ0v) is 17.3. The molecule has 1 amide bonds. The summed E-state index contributed by atoms with van der Waals surface area (Å²) in [7, 11) is 1.86. The molecule has 0 atom stereocenters. The van der Waals surface area contributed by atoms with Gasteiger partial charge in [0.1, 0.15) is 5.82 Å². The minimum absolute atomic E-state index is 0.295. The van der Waals surface area contributed by atoms with E-state index >= 15 is 0 Å². The number of fused-ring (bicyclic) bond motifs is 1. The highest BCUT2D eigenvalue weighted by molar-refractivity contribution is 6.39. The second kappa shape index (κ2) is 7.91. The first-order valence-electron chi connectivity index (χ1n) is 8.53. The molecule has 2 heterocycles. The van der Waals surface area contributed by atoms with Gasteiger partial charge in [-0.15, -0.1) is 0 Å². The largest absolute Gasteiger partial charge is 0.323 e. The zero-order chi connectivity index (χ0) is 20.5. The van der Waals surface area contributed by atoms with Gasteiger partial charge in [0.15, 0.2) is 0 Å². The van der Waals surface area contributed by atoms with Gasteiger partial charge in [0.05, 0.1) is 31.8 Å². The first-order chi connectivity index (χ1) is 13.9. The SMILES string of the molecule is Cn1c(Nc2c(Cl)cccc2Cl)nc2cc(C(=O)Nc3ccc(Cl)cn3)ccc21. The van der Waals surface area contributed by atoms with Gasteiger partial charge in [-0.25, -0.2) is 9.97 Å². The molecule has 0 saturated heterocycles. The number of benzene rings is 2. The summed E-state index contributed by atoms with van der Waals surface area (Å²) in [5.74, 6) is 0.666. The van der Waals surface area contributed by atoms with Crippen LogP contribution in [0.25, 0.3) is 11.0 Å². The molecular weight excluding hydrogens is 433 g/mol. The van der Waals surface area contributed by atoms with E-state index in [4.69, 9.17) is 34.8 Å². The number of hydrogen-bond acceptors (Lipinski definition) is 4. The topological polar surface area (TPSA) is 71.8 Å². The summed E-state index contributed by atoms with van der Waals surface area (Å²) in [5.41, 5.74) is 2.52. The van der Waals surface area contributed by atoms with Crippen molar-refractivity contribution in [2.24, 2.45) is 7.05 Å². The standard InChI is InChI=1S/C20H14Cl3N5O/c1-28-16-7-5-11(19(29)26-17-8-6-12(21)10-24-17)9-15(16)25-20(28)27-18-13(22)3-2-4-14(18)23/h2-10H,1H3,(H,25,27)(H,24,26,29). The molecule has 9 heteroatoms. The third kappa shape index (κ3) is 4.00. The Balaban J connectivity index is 1.63. The van der Waals surface area contributed by atoms with E-state index in [0.29, 0.717) is 43.6 Å². The Morgan fingerprint density at radius 3 is 2.48 bits per heavy atom. The van der Waals surface area contributed by atoms with Gasteiger partial charge < -0.3 is 15.2 Å². The van der Waals surface area contributed by atoms with E-state index < -0.39 is 0 Å². The average molecular weight is 447 g/mol. The molecule has 0 unspecified atom stereocenters. The number of imidazole rings is 1. The Labute approximate surface area is 181 Å².